The second-order valence-corrected chi connectivity index (χ2v) is 12.0. The van der Waals surface area contributed by atoms with Crippen LogP contribution < -0.4 is 15.4 Å². The Kier molecular flexibility index (Phi) is 8.91. The first kappa shape index (κ1) is 27.3. The van der Waals surface area contributed by atoms with Gasteiger partial charge in [0.05, 0.1) is 10.4 Å². The van der Waals surface area contributed by atoms with E-state index < -0.39 is 10.0 Å². The normalized spacial score (nSPS) is 17.9. The standard InChI is InChI=1S/C30H37N5O3S/c1-38-19-7-18-31-29-26-11-4-5-12-27(26)34-30(35-29)32-20-22-14-16-23(17-15-22)21-33-39(36,37)28-13-6-9-24-8-2-3-10-25(24)28/h2-6,8-13,22-23,33H,7,14-21H2,1H3,(H2,31,32,34,35). The van der Waals surface area contributed by atoms with Crippen LogP contribution in [0.4, 0.5) is 11.8 Å². The second-order valence-electron chi connectivity index (χ2n) is 10.3. The van der Waals surface area contributed by atoms with E-state index in [0.717, 1.165) is 72.7 Å². The van der Waals surface area contributed by atoms with Gasteiger partial charge in [0.15, 0.2) is 0 Å². The molecular weight excluding hydrogens is 510 g/mol. The summed E-state index contributed by atoms with van der Waals surface area (Å²) in [5.41, 5.74) is 0.909. The lowest BCUT2D eigenvalue weighted by atomic mass is 9.82. The van der Waals surface area contributed by atoms with E-state index in [-0.39, 0.29) is 0 Å². The first-order valence-corrected chi connectivity index (χ1v) is 15.2. The smallest absolute Gasteiger partial charge is 0.241 e. The summed E-state index contributed by atoms with van der Waals surface area (Å²) in [6, 6.07) is 21.1. The summed E-state index contributed by atoms with van der Waals surface area (Å²) in [5, 5.41) is 9.58. The van der Waals surface area contributed by atoms with E-state index in [0.29, 0.717) is 35.8 Å². The molecule has 206 valence electrons. The Bertz CT molecular complexity index is 1500. The number of nitrogens with zero attached hydrogens (tertiary/aromatic N) is 2. The van der Waals surface area contributed by atoms with Crippen LogP contribution in [0.15, 0.2) is 71.6 Å². The van der Waals surface area contributed by atoms with Gasteiger partial charge in [-0.05, 0) is 67.5 Å². The summed E-state index contributed by atoms with van der Waals surface area (Å²) < 4.78 is 34.2. The summed E-state index contributed by atoms with van der Waals surface area (Å²) in [6.07, 6.45) is 4.98. The van der Waals surface area contributed by atoms with Crippen molar-refractivity contribution in [1.29, 1.82) is 0 Å². The maximum absolute atomic E-state index is 13.1. The number of hydrogen-bond donors (Lipinski definition) is 3. The first-order valence-electron chi connectivity index (χ1n) is 13.7. The number of fused-ring (bicyclic) bond motifs is 2. The fraction of sp³-hybridized carbons (Fsp3) is 0.400. The largest absolute Gasteiger partial charge is 0.385 e. The fourth-order valence-corrected chi connectivity index (χ4v) is 6.67. The zero-order valence-corrected chi connectivity index (χ0v) is 23.2. The van der Waals surface area contributed by atoms with Gasteiger partial charge in [0.1, 0.15) is 5.82 Å². The summed E-state index contributed by atoms with van der Waals surface area (Å²) >= 11 is 0. The van der Waals surface area contributed by atoms with Crippen LogP contribution in [0.5, 0.6) is 0 Å². The molecule has 8 nitrogen and oxygen atoms in total. The molecule has 1 aliphatic rings. The van der Waals surface area contributed by atoms with Crippen LogP contribution in [0.3, 0.4) is 0 Å². The van der Waals surface area contributed by atoms with Gasteiger partial charge in [0, 0.05) is 44.1 Å². The molecule has 1 fully saturated rings. The highest BCUT2D eigenvalue weighted by Gasteiger charge is 2.24. The molecule has 0 atom stereocenters. The minimum atomic E-state index is -3.57. The van der Waals surface area contributed by atoms with E-state index >= 15 is 0 Å². The fourth-order valence-electron chi connectivity index (χ4n) is 5.32. The molecule has 39 heavy (non-hydrogen) atoms. The molecule has 0 aliphatic heterocycles. The molecule has 0 amide bonds. The Morgan fingerprint density at radius 3 is 2.31 bits per heavy atom. The number of hydrogen-bond acceptors (Lipinski definition) is 7. The molecule has 3 aromatic carbocycles. The number of nitrogens with one attached hydrogen (secondary N) is 3. The van der Waals surface area contributed by atoms with Crippen LogP contribution in [0.1, 0.15) is 32.1 Å². The first-order chi connectivity index (χ1) is 19.0. The van der Waals surface area contributed by atoms with Gasteiger partial charge in [0.2, 0.25) is 16.0 Å². The predicted octanol–water partition coefficient (Wildman–Crippen LogP) is 5.43. The van der Waals surface area contributed by atoms with Crippen LogP contribution in [-0.4, -0.2) is 51.7 Å². The van der Waals surface area contributed by atoms with E-state index in [2.05, 4.69) is 15.4 Å². The molecule has 0 saturated heterocycles. The van der Waals surface area contributed by atoms with Gasteiger partial charge < -0.3 is 15.4 Å². The quantitative estimate of drug-likeness (QED) is 0.203. The third kappa shape index (κ3) is 6.84. The molecule has 3 N–H and O–H groups in total. The molecule has 1 saturated carbocycles. The number of rotatable bonds is 12. The SMILES string of the molecule is COCCCNc1nc(NCC2CCC(CNS(=O)(=O)c3cccc4ccccc34)CC2)nc2ccccc12. The molecule has 1 aromatic heterocycles. The van der Waals surface area contributed by atoms with E-state index in [1.165, 1.54) is 0 Å². The second kappa shape index (κ2) is 12.7. The monoisotopic (exact) mass is 547 g/mol. The van der Waals surface area contributed by atoms with Gasteiger partial charge in [-0.1, -0.05) is 48.5 Å². The van der Waals surface area contributed by atoms with Crippen molar-refractivity contribution in [2.24, 2.45) is 11.8 Å². The number of aromatic nitrogens is 2. The Balaban J connectivity index is 1.13. The molecule has 1 heterocycles. The molecule has 0 spiro atoms. The minimum Gasteiger partial charge on any atom is -0.385 e. The van der Waals surface area contributed by atoms with Crippen LogP contribution in [0.2, 0.25) is 0 Å². The van der Waals surface area contributed by atoms with Crippen molar-refractivity contribution in [3.63, 3.8) is 0 Å². The number of benzene rings is 3. The van der Waals surface area contributed by atoms with Gasteiger partial charge in [-0.3, -0.25) is 0 Å². The molecule has 5 rings (SSSR count). The number of sulfonamides is 1. The lowest BCUT2D eigenvalue weighted by Gasteiger charge is -2.28. The van der Waals surface area contributed by atoms with E-state index in [1.807, 2.05) is 54.6 Å². The maximum atomic E-state index is 13.1. The summed E-state index contributed by atoms with van der Waals surface area (Å²) in [5.74, 6) is 2.31. The Labute approximate surface area is 230 Å². The zero-order chi connectivity index (χ0) is 27.1. The zero-order valence-electron chi connectivity index (χ0n) is 22.4. The third-order valence-corrected chi connectivity index (χ3v) is 9.02. The predicted molar refractivity (Wildman–Crippen MR) is 158 cm³/mol. The highest BCUT2D eigenvalue weighted by Crippen LogP contribution is 2.30. The molecule has 0 bridgehead atoms. The van der Waals surface area contributed by atoms with Gasteiger partial charge >= 0.3 is 0 Å². The van der Waals surface area contributed by atoms with E-state index in [1.54, 1.807) is 19.2 Å². The number of methoxy groups -OCH3 is 1. The molecule has 0 unspecified atom stereocenters. The molecule has 9 heteroatoms. The van der Waals surface area contributed by atoms with E-state index in [9.17, 15) is 8.42 Å². The molecule has 4 aromatic rings. The average Bonchev–Trinajstić information content (AvgIpc) is 2.97. The lowest BCUT2D eigenvalue weighted by Crippen LogP contribution is -2.32. The molecule has 0 radical (unpaired) electrons. The van der Waals surface area contributed by atoms with Crippen molar-refractivity contribution in [2.45, 2.75) is 37.0 Å². The van der Waals surface area contributed by atoms with Gasteiger partial charge in [-0.15, -0.1) is 0 Å². The molecular formula is C30H37N5O3S. The van der Waals surface area contributed by atoms with Gasteiger partial charge in [-0.2, -0.15) is 4.98 Å². The van der Waals surface area contributed by atoms with Crippen molar-refractivity contribution in [3.8, 4) is 0 Å². The Morgan fingerprint density at radius 2 is 1.51 bits per heavy atom. The number of anilines is 2. The topological polar surface area (TPSA) is 105 Å². The summed E-state index contributed by atoms with van der Waals surface area (Å²) in [7, 11) is -1.86. The minimum absolute atomic E-state index is 0.339. The molecule has 1 aliphatic carbocycles. The number of ether oxygens (including phenoxy) is 1. The lowest BCUT2D eigenvalue weighted by molar-refractivity contribution is 0.198. The van der Waals surface area contributed by atoms with Crippen molar-refractivity contribution in [1.82, 2.24) is 14.7 Å². The Hall–Kier alpha value is -3.27. The van der Waals surface area contributed by atoms with E-state index in [4.69, 9.17) is 14.7 Å². The number of para-hydroxylation sites is 1. The van der Waals surface area contributed by atoms with Gasteiger partial charge in [-0.25, -0.2) is 18.1 Å². The highest BCUT2D eigenvalue weighted by atomic mass is 32.2. The van der Waals surface area contributed by atoms with Gasteiger partial charge in [0.25, 0.3) is 0 Å². The summed E-state index contributed by atoms with van der Waals surface area (Å²) in [4.78, 5) is 9.83. The van der Waals surface area contributed by atoms with Crippen molar-refractivity contribution in [3.05, 3.63) is 66.7 Å². The van der Waals surface area contributed by atoms with Crippen molar-refractivity contribution in [2.75, 3.05) is 44.0 Å². The van der Waals surface area contributed by atoms with Crippen molar-refractivity contribution >= 4 is 43.5 Å². The average molecular weight is 548 g/mol. The summed E-state index contributed by atoms with van der Waals surface area (Å²) in [6.45, 7) is 2.75. The third-order valence-electron chi connectivity index (χ3n) is 7.54. The van der Waals surface area contributed by atoms with Crippen LogP contribution in [0.25, 0.3) is 21.7 Å². The maximum Gasteiger partial charge on any atom is 0.241 e. The van der Waals surface area contributed by atoms with Crippen LogP contribution >= 0.6 is 0 Å². The van der Waals surface area contributed by atoms with Crippen LogP contribution in [-0.2, 0) is 14.8 Å². The Morgan fingerprint density at radius 1 is 0.821 bits per heavy atom. The highest BCUT2D eigenvalue weighted by molar-refractivity contribution is 7.89. The van der Waals surface area contributed by atoms with Crippen LogP contribution in [0, 0.1) is 11.8 Å². The van der Waals surface area contributed by atoms with Crippen molar-refractivity contribution < 1.29 is 13.2 Å².